The molecule has 2 aromatic rings. The highest BCUT2D eigenvalue weighted by molar-refractivity contribution is 6.09. The smallest absolute Gasteiger partial charge is 0.257 e. The van der Waals surface area contributed by atoms with Crippen molar-refractivity contribution in [3.8, 4) is 28.7 Å². The number of hydrogen-bond donors (Lipinski definition) is 4. The van der Waals surface area contributed by atoms with Gasteiger partial charge in [-0.1, -0.05) is 0 Å². The molecule has 4 N–H and O–H groups in total. The predicted octanol–water partition coefficient (Wildman–Crippen LogP) is 2.41. The van der Waals surface area contributed by atoms with E-state index in [1.165, 1.54) is 24.4 Å². The number of carbonyl (C=O) groups is 1. The van der Waals surface area contributed by atoms with Crippen molar-refractivity contribution < 1.29 is 28.8 Å². The zero-order chi connectivity index (χ0) is 21.5. The minimum absolute atomic E-state index is 0.0809. The van der Waals surface area contributed by atoms with Crippen LogP contribution in [0.1, 0.15) is 17.3 Å². The van der Waals surface area contributed by atoms with Crippen LogP contribution < -0.4 is 29.6 Å². The molecule has 1 atom stereocenters. The van der Waals surface area contributed by atoms with Crippen molar-refractivity contribution in [2.75, 3.05) is 20.4 Å². The first-order valence-electron chi connectivity index (χ1n) is 9.22. The van der Waals surface area contributed by atoms with Crippen LogP contribution in [0.15, 0.2) is 48.7 Å². The summed E-state index contributed by atoms with van der Waals surface area (Å²) in [5.41, 5.74) is 0.232. The first-order chi connectivity index (χ1) is 14.5. The number of aliphatic hydroxyl groups is 1. The molecule has 158 valence electrons. The van der Waals surface area contributed by atoms with Gasteiger partial charge < -0.3 is 34.7 Å². The van der Waals surface area contributed by atoms with Crippen LogP contribution in [-0.4, -0.2) is 43.4 Å². The lowest BCUT2D eigenvalue weighted by Crippen LogP contribution is -2.28. The Bertz CT molecular complexity index is 960. The second-order valence-electron chi connectivity index (χ2n) is 6.41. The van der Waals surface area contributed by atoms with E-state index in [4.69, 9.17) is 24.4 Å². The minimum Gasteiger partial charge on any atom is -0.488 e. The quantitative estimate of drug-likeness (QED) is 0.387. The molecule has 3 rings (SSSR count). The molecule has 0 fully saturated rings. The average molecular weight is 413 g/mol. The van der Waals surface area contributed by atoms with E-state index in [-0.39, 0.29) is 24.8 Å². The van der Waals surface area contributed by atoms with Crippen molar-refractivity contribution in [1.82, 2.24) is 10.6 Å². The molecular formula is C21H23N3O6. The maximum Gasteiger partial charge on any atom is 0.257 e. The number of aliphatic hydroxyl groups excluding tert-OH is 1. The average Bonchev–Trinajstić information content (AvgIpc) is 3.19. The van der Waals surface area contributed by atoms with Crippen molar-refractivity contribution in [2.45, 2.75) is 13.0 Å². The van der Waals surface area contributed by atoms with Gasteiger partial charge in [0.15, 0.2) is 11.5 Å². The molecule has 0 aliphatic carbocycles. The number of amidine groups is 1. The van der Waals surface area contributed by atoms with Crippen LogP contribution in [-0.2, 0) is 0 Å². The molecule has 0 saturated heterocycles. The van der Waals surface area contributed by atoms with Crippen LogP contribution in [0.25, 0.3) is 0 Å². The summed E-state index contributed by atoms with van der Waals surface area (Å²) in [6, 6.07) is 9.79. The third-order valence-electron chi connectivity index (χ3n) is 3.98. The lowest BCUT2D eigenvalue weighted by atomic mass is 10.1. The molecule has 0 saturated carbocycles. The van der Waals surface area contributed by atoms with E-state index in [2.05, 4.69) is 10.6 Å². The van der Waals surface area contributed by atoms with Crippen molar-refractivity contribution in [3.63, 3.8) is 0 Å². The van der Waals surface area contributed by atoms with E-state index in [1.54, 1.807) is 38.2 Å². The highest BCUT2D eigenvalue weighted by Crippen LogP contribution is 2.37. The summed E-state index contributed by atoms with van der Waals surface area (Å²) in [6.45, 7) is 1.66. The third-order valence-corrected chi connectivity index (χ3v) is 3.98. The number of carbonyl (C=O) groups excluding carboxylic acids is 1. The fourth-order valence-corrected chi connectivity index (χ4v) is 2.58. The third kappa shape index (κ3) is 5.42. The van der Waals surface area contributed by atoms with E-state index < -0.39 is 12.0 Å². The predicted molar refractivity (Wildman–Crippen MR) is 110 cm³/mol. The second kappa shape index (κ2) is 9.66. The van der Waals surface area contributed by atoms with Gasteiger partial charge in [-0.2, -0.15) is 0 Å². The Balaban J connectivity index is 1.85. The maximum atomic E-state index is 12.6. The Morgan fingerprint density at radius 2 is 1.97 bits per heavy atom. The molecule has 9 heteroatoms. The zero-order valence-electron chi connectivity index (χ0n) is 16.6. The van der Waals surface area contributed by atoms with Gasteiger partial charge in [0.2, 0.25) is 6.79 Å². The van der Waals surface area contributed by atoms with Crippen LogP contribution in [0.4, 0.5) is 0 Å². The zero-order valence-corrected chi connectivity index (χ0v) is 16.6. The number of benzene rings is 2. The molecule has 2 aromatic carbocycles. The summed E-state index contributed by atoms with van der Waals surface area (Å²) in [5, 5.41) is 22.3. The number of ether oxygens (including phenoxy) is 4. The van der Waals surface area contributed by atoms with Crippen molar-refractivity contribution >= 4 is 11.7 Å². The Morgan fingerprint density at radius 3 is 2.73 bits per heavy atom. The molecule has 0 radical (unpaired) electrons. The van der Waals surface area contributed by atoms with Crippen molar-refractivity contribution in [1.29, 1.82) is 5.41 Å². The Kier molecular flexibility index (Phi) is 6.76. The van der Waals surface area contributed by atoms with Crippen LogP contribution in [0, 0.1) is 5.41 Å². The molecule has 1 heterocycles. The molecule has 30 heavy (non-hydrogen) atoms. The Labute approximate surface area is 173 Å². The summed E-state index contributed by atoms with van der Waals surface area (Å²) in [6.07, 6.45) is 2.47. The van der Waals surface area contributed by atoms with Gasteiger partial charge in [-0.05, 0) is 43.5 Å². The molecular weight excluding hydrogens is 390 g/mol. The number of amides is 1. The normalized spacial score (nSPS) is 13.0. The largest absolute Gasteiger partial charge is 0.488 e. The van der Waals surface area contributed by atoms with Gasteiger partial charge in [-0.15, -0.1) is 0 Å². The SMILES string of the molecule is CN/C=C\C(=N)NC(=O)c1cc(Oc2ccc3c(c2)OCO3)cc(O[C@@H](C)CO)c1. The van der Waals surface area contributed by atoms with Crippen LogP contribution >= 0.6 is 0 Å². The Morgan fingerprint density at radius 1 is 1.20 bits per heavy atom. The number of hydrogen-bond acceptors (Lipinski definition) is 8. The van der Waals surface area contributed by atoms with Gasteiger partial charge in [0, 0.05) is 24.7 Å². The van der Waals surface area contributed by atoms with Crippen molar-refractivity contribution in [2.24, 2.45) is 0 Å². The standard InChI is InChI=1S/C21H23N3O6/c1-13(11-25)29-16-7-14(21(26)24-20(22)5-6-23-2)8-17(9-16)30-15-3-4-18-19(10-15)28-12-27-18/h3-10,13,23,25H,11-12H2,1-2H3,(H2,22,24,26)/b6-5-/t13-/m0/s1. The molecule has 1 aliphatic rings. The van der Waals surface area contributed by atoms with E-state index in [0.717, 1.165) is 0 Å². The summed E-state index contributed by atoms with van der Waals surface area (Å²) in [7, 11) is 1.69. The second-order valence-corrected chi connectivity index (χ2v) is 6.41. The van der Waals surface area contributed by atoms with Crippen LogP contribution in [0.2, 0.25) is 0 Å². The molecule has 1 amide bonds. The molecule has 0 unspecified atom stereocenters. The van der Waals surface area contributed by atoms with Crippen molar-refractivity contribution in [3.05, 3.63) is 54.2 Å². The van der Waals surface area contributed by atoms with Gasteiger partial charge in [0.05, 0.1) is 6.61 Å². The molecule has 9 nitrogen and oxygen atoms in total. The van der Waals surface area contributed by atoms with Gasteiger partial charge in [-0.3, -0.25) is 10.2 Å². The van der Waals surface area contributed by atoms with Crippen LogP contribution in [0.5, 0.6) is 28.7 Å². The van der Waals surface area contributed by atoms with Gasteiger partial charge in [0.25, 0.3) is 5.91 Å². The summed E-state index contributed by atoms with van der Waals surface area (Å²) in [5.74, 6) is 1.79. The van der Waals surface area contributed by atoms with Crippen LogP contribution in [0.3, 0.4) is 0 Å². The lowest BCUT2D eigenvalue weighted by molar-refractivity contribution is 0.0975. The van der Waals surface area contributed by atoms with Gasteiger partial charge in [-0.25, -0.2) is 0 Å². The molecule has 1 aliphatic heterocycles. The Hall–Kier alpha value is -3.72. The monoisotopic (exact) mass is 413 g/mol. The first kappa shape index (κ1) is 21.0. The first-order valence-corrected chi connectivity index (χ1v) is 9.22. The van der Waals surface area contributed by atoms with Gasteiger partial charge >= 0.3 is 0 Å². The molecule has 0 bridgehead atoms. The molecule has 0 spiro atoms. The summed E-state index contributed by atoms with van der Waals surface area (Å²) < 4.78 is 22.2. The number of nitrogens with one attached hydrogen (secondary N) is 3. The summed E-state index contributed by atoms with van der Waals surface area (Å²) in [4.78, 5) is 12.6. The number of rotatable bonds is 8. The summed E-state index contributed by atoms with van der Waals surface area (Å²) >= 11 is 0. The number of fused-ring (bicyclic) bond motifs is 1. The van der Waals surface area contributed by atoms with E-state index in [1.807, 2.05) is 0 Å². The van der Waals surface area contributed by atoms with E-state index in [0.29, 0.717) is 28.7 Å². The molecule has 0 aromatic heterocycles. The van der Waals surface area contributed by atoms with E-state index >= 15 is 0 Å². The lowest BCUT2D eigenvalue weighted by Gasteiger charge is -2.15. The topological polar surface area (TPSA) is 122 Å². The highest BCUT2D eigenvalue weighted by Gasteiger charge is 2.16. The maximum absolute atomic E-state index is 12.6. The highest BCUT2D eigenvalue weighted by atomic mass is 16.7. The van der Waals surface area contributed by atoms with E-state index in [9.17, 15) is 9.90 Å². The fraction of sp³-hybridized carbons (Fsp3) is 0.238. The van der Waals surface area contributed by atoms with Gasteiger partial charge in [0.1, 0.15) is 29.2 Å². The fourth-order valence-electron chi connectivity index (χ4n) is 2.58. The minimum atomic E-state index is -0.501.